The molecular formula is C13H24O2Si. The lowest BCUT2D eigenvalue weighted by Crippen LogP contribution is -2.33. The first-order valence-corrected chi connectivity index (χ1v) is 9.21. The first-order valence-electron chi connectivity index (χ1n) is 5.81. The Kier molecular flexibility index (Phi) is 3.70. The maximum Gasteiger partial charge on any atom is 0.241 e. The molecule has 3 heteroatoms. The molecule has 1 aliphatic carbocycles. The molecule has 0 N–H and O–H groups in total. The molecule has 0 aromatic heterocycles. The molecule has 0 heterocycles. The molecule has 1 aliphatic rings. The van der Waals surface area contributed by atoms with Gasteiger partial charge in [0.05, 0.1) is 5.76 Å². The van der Waals surface area contributed by atoms with Crippen molar-refractivity contribution < 1.29 is 9.16 Å². The molecule has 0 spiro atoms. The minimum absolute atomic E-state index is 0.294. The van der Waals surface area contributed by atoms with Crippen molar-refractivity contribution in [2.45, 2.75) is 52.4 Å². The Bertz CT molecular complexity index is 336. The zero-order valence-electron chi connectivity index (χ0n) is 11.6. The Morgan fingerprint density at radius 2 is 1.81 bits per heavy atom. The van der Waals surface area contributed by atoms with E-state index in [1.807, 2.05) is 0 Å². The fraction of sp³-hybridized carbons (Fsp3) is 0.692. The zero-order valence-corrected chi connectivity index (χ0v) is 12.6. The van der Waals surface area contributed by atoms with Gasteiger partial charge in [0, 0.05) is 13.5 Å². The lowest BCUT2D eigenvalue weighted by atomic mass is 9.86. The van der Waals surface area contributed by atoms with Crippen LogP contribution in [0.2, 0.25) is 19.6 Å². The Hall–Kier alpha value is -0.543. The summed E-state index contributed by atoms with van der Waals surface area (Å²) in [5.74, 6) is 1.08. The van der Waals surface area contributed by atoms with E-state index < -0.39 is 8.32 Å². The fourth-order valence-corrected chi connectivity index (χ4v) is 2.87. The minimum Gasteiger partial charge on any atom is -0.547 e. The lowest BCUT2D eigenvalue weighted by Gasteiger charge is -2.34. The standard InChI is InChI=1S/C13H24O2Si/c1-10-8-12(15-16(5,6)7)9-13(3,14-4)11(10)2/h9H,8H2,1-7H3. The summed E-state index contributed by atoms with van der Waals surface area (Å²) in [6, 6.07) is 0. The molecule has 2 nitrogen and oxygen atoms in total. The molecule has 0 saturated heterocycles. The molecule has 16 heavy (non-hydrogen) atoms. The monoisotopic (exact) mass is 240 g/mol. The fourth-order valence-electron chi connectivity index (χ4n) is 1.95. The van der Waals surface area contributed by atoms with Crippen molar-refractivity contribution >= 4 is 8.32 Å². The lowest BCUT2D eigenvalue weighted by molar-refractivity contribution is 0.0739. The molecule has 1 rings (SSSR count). The zero-order chi connectivity index (χ0) is 12.6. The van der Waals surface area contributed by atoms with Crippen LogP contribution in [0, 0.1) is 0 Å². The van der Waals surface area contributed by atoms with E-state index >= 15 is 0 Å². The summed E-state index contributed by atoms with van der Waals surface area (Å²) in [5, 5.41) is 0. The van der Waals surface area contributed by atoms with E-state index in [4.69, 9.17) is 9.16 Å². The topological polar surface area (TPSA) is 18.5 Å². The van der Waals surface area contributed by atoms with E-state index in [1.165, 1.54) is 11.1 Å². The van der Waals surface area contributed by atoms with Gasteiger partial charge in [0.25, 0.3) is 0 Å². The van der Waals surface area contributed by atoms with Crippen molar-refractivity contribution in [3.63, 3.8) is 0 Å². The maximum absolute atomic E-state index is 6.08. The van der Waals surface area contributed by atoms with Crippen molar-refractivity contribution in [2.24, 2.45) is 0 Å². The normalized spacial score (nSPS) is 26.8. The van der Waals surface area contributed by atoms with Gasteiger partial charge in [-0.2, -0.15) is 0 Å². The second-order valence-electron chi connectivity index (χ2n) is 5.72. The Balaban J connectivity index is 2.97. The second kappa shape index (κ2) is 4.38. The molecular weight excluding hydrogens is 216 g/mol. The first kappa shape index (κ1) is 13.5. The van der Waals surface area contributed by atoms with Crippen LogP contribution in [-0.2, 0) is 9.16 Å². The van der Waals surface area contributed by atoms with Gasteiger partial charge in [-0.15, -0.1) is 0 Å². The van der Waals surface area contributed by atoms with Crippen LogP contribution >= 0.6 is 0 Å². The van der Waals surface area contributed by atoms with Gasteiger partial charge in [-0.05, 0) is 52.1 Å². The summed E-state index contributed by atoms with van der Waals surface area (Å²) in [4.78, 5) is 0. The van der Waals surface area contributed by atoms with Crippen molar-refractivity contribution in [3.8, 4) is 0 Å². The van der Waals surface area contributed by atoms with E-state index in [1.54, 1.807) is 7.11 Å². The summed E-state index contributed by atoms with van der Waals surface area (Å²) in [5.41, 5.74) is 2.37. The predicted molar refractivity (Wildman–Crippen MR) is 70.9 cm³/mol. The number of ether oxygens (including phenoxy) is 1. The van der Waals surface area contributed by atoms with Gasteiger partial charge in [-0.3, -0.25) is 0 Å². The molecule has 0 fully saturated rings. The van der Waals surface area contributed by atoms with E-state index in [9.17, 15) is 0 Å². The molecule has 0 bridgehead atoms. The third-order valence-corrected chi connectivity index (χ3v) is 4.00. The quantitative estimate of drug-likeness (QED) is 0.551. The van der Waals surface area contributed by atoms with E-state index in [0.717, 1.165) is 12.2 Å². The molecule has 0 amide bonds. The van der Waals surface area contributed by atoms with Crippen LogP contribution in [0.5, 0.6) is 0 Å². The van der Waals surface area contributed by atoms with Gasteiger partial charge >= 0.3 is 0 Å². The SMILES string of the molecule is COC1(C)C=C(O[Si](C)(C)C)CC(C)=C1C. The van der Waals surface area contributed by atoms with Gasteiger partial charge in [0.1, 0.15) is 5.60 Å². The van der Waals surface area contributed by atoms with E-state index in [2.05, 4.69) is 46.5 Å². The van der Waals surface area contributed by atoms with Crippen molar-refractivity contribution in [1.29, 1.82) is 0 Å². The van der Waals surface area contributed by atoms with Crippen molar-refractivity contribution in [3.05, 3.63) is 23.0 Å². The smallest absolute Gasteiger partial charge is 0.241 e. The van der Waals surface area contributed by atoms with Crippen LogP contribution in [0.15, 0.2) is 23.0 Å². The first-order chi connectivity index (χ1) is 7.18. The summed E-state index contributed by atoms with van der Waals surface area (Å²) >= 11 is 0. The second-order valence-corrected chi connectivity index (χ2v) is 10.1. The van der Waals surface area contributed by atoms with Crippen LogP contribution in [0.25, 0.3) is 0 Å². The summed E-state index contributed by atoms with van der Waals surface area (Å²) < 4.78 is 11.7. The van der Waals surface area contributed by atoms with Gasteiger partial charge in [0.2, 0.25) is 8.32 Å². The predicted octanol–water partition coefficient (Wildman–Crippen LogP) is 3.87. The van der Waals surface area contributed by atoms with Crippen LogP contribution in [0.1, 0.15) is 27.2 Å². The van der Waals surface area contributed by atoms with Gasteiger partial charge < -0.3 is 9.16 Å². The minimum atomic E-state index is -1.52. The highest BCUT2D eigenvalue weighted by Crippen LogP contribution is 2.35. The number of allylic oxidation sites excluding steroid dienone is 1. The average molecular weight is 240 g/mol. The number of hydrogen-bond donors (Lipinski definition) is 0. The highest BCUT2D eigenvalue weighted by molar-refractivity contribution is 6.70. The molecule has 0 aromatic rings. The highest BCUT2D eigenvalue weighted by Gasteiger charge is 2.31. The van der Waals surface area contributed by atoms with Gasteiger partial charge in [-0.1, -0.05) is 5.57 Å². The average Bonchev–Trinajstić information content (AvgIpc) is 2.11. The molecule has 92 valence electrons. The van der Waals surface area contributed by atoms with Crippen LogP contribution in [0.3, 0.4) is 0 Å². The van der Waals surface area contributed by atoms with Gasteiger partial charge in [-0.25, -0.2) is 0 Å². The number of rotatable bonds is 3. The highest BCUT2D eigenvalue weighted by atomic mass is 28.4. The summed E-state index contributed by atoms with van der Waals surface area (Å²) in [6.07, 6.45) is 3.06. The number of methoxy groups -OCH3 is 1. The third-order valence-electron chi connectivity index (χ3n) is 3.12. The third kappa shape index (κ3) is 2.98. The summed E-state index contributed by atoms with van der Waals surface area (Å²) in [7, 11) is 0.237. The largest absolute Gasteiger partial charge is 0.547 e. The molecule has 0 aliphatic heterocycles. The molecule has 1 unspecified atom stereocenters. The van der Waals surface area contributed by atoms with Crippen LogP contribution in [-0.4, -0.2) is 21.0 Å². The van der Waals surface area contributed by atoms with Crippen LogP contribution < -0.4 is 0 Å². The van der Waals surface area contributed by atoms with Crippen LogP contribution in [0.4, 0.5) is 0 Å². The van der Waals surface area contributed by atoms with Crippen molar-refractivity contribution in [1.82, 2.24) is 0 Å². The summed E-state index contributed by atoms with van der Waals surface area (Å²) in [6.45, 7) is 13.0. The van der Waals surface area contributed by atoms with Crippen molar-refractivity contribution in [2.75, 3.05) is 7.11 Å². The van der Waals surface area contributed by atoms with E-state index in [-0.39, 0.29) is 5.60 Å². The molecule has 0 saturated carbocycles. The molecule has 0 aromatic carbocycles. The Morgan fingerprint density at radius 1 is 1.25 bits per heavy atom. The van der Waals surface area contributed by atoms with E-state index in [0.29, 0.717) is 0 Å². The molecule has 0 radical (unpaired) electrons. The Labute approximate surface area is 100 Å². The van der Waals surface area contributed by atoms with Gasteiger partial charge in [0.15, 0.2) is 0 Å². The molecule has 1 atom stereocenters. The maximum atomic E-state index is 6.08. The number of hydrogen-bond acceptors (Lipinski definition) is 2. The Morgan fingerprint density at radius 3 is 2.25 bits per heavy atom.